The molecule has 1 fully saturated rings. The predicted molar refractivity (Wildman–Crippen MR) is 76.0 cm³/mol. The summed E-state index contributed by atoms with van der Waals surface area (Å²) in [4.78, 5) is 11.9. The lowest BCUT2D eigenvalue weighted by Crippen LogP contribution is -2.23. The molecule has 1 amide bonds. The first-order chi connectivity index (χ1) is 9.15. The van der Waals surface area contributed by atoms with Crippen molar-refractivity contribution >= 4 is 11.6 Å². The zero-order chi connectivity index (χ0) is 13.7. The van der Waals surface area contributed by atoms with Gasteiger partial charge in [-0.15, -0.1) is 0 Å². The topological polar surface area (TPSA) is 50.4 Å². The smallest absolute Gasteiger partial charge is 0.229 e. The number of hydrogen-bond acceptors (Lipinski definition) is 3. The van der Waals surface area contributed by atoms with Gasteiger partial charge in [-0.2, -0.15) is 0 Å². The molecule has 0 bridgehead atoms. The van der Waals surface area contributed by atoms with E-state index in [1.807, 2.05) is 24.3 Å². The monoisotopic (exact) mass is 262 g/mol. The summed E-state index contributed by atoms with van der Waals surface area (Å²) in [5.74, 6) is 0.0628. The Kier molecular flexibility index (Phi) is 4.93. The second kappa shape index (κ2) is 6.68. The van der Waals surface area contributed by atoms with Gasteiger partial charge in [-0.05, 0) is 24.1 Å². The van der Waals surface area contributed by atoms with Crippen molar-refractivity contribution in [2.75, 3.05) is 18.5 Å². The normalized spacial score (nSPS) is 18.8. The van der Waals surface area contributed by atoms with E-state index in [1.165, 1.54) is 5.56 Å². The van der Waals surface area contributed by atoms with Crippen LogP contribution in [0.2, 0.25) is 0 Å². The fourth-order valence-electron chi connectivity index (χ4n) is 2.01. The Hall–Kier alpha value is -1.39. The Balaban J connectivity index is 1.85. The van der Waals surface area contributed by atoms with E-state index < -0.39 is 0 Å². The number of anilines is 1. The Morgan fingerprint density at radius 3 is 2.68 bits per heavy atom. The standard InChI is InChI=1S/C15H22N2O2/c1-11(2)16-9-12-3-5-14(6-4-12)17-15(18)13-7-8-19-10-13/h3-6,11,13,16H,7-10H2,1-2H3,(H,17,18). The van der Waals surface area contributed by atoms with E-state index in [9.17, 15) is 4.79 Å². The lowest BCUT2D eigenvalue weighted by Gasteiger charge is -2.11. The molecule has 1 aliphatic rings. The molecule has 2 rings (SSSR count). The predicted octanol–water partition coefficient (Wildman–Crippen LogP) is 2.16. The summed E-state index contributed by atoms with van der Waals surface area (Å²) in [5, 5.41) is 6.30. The molecule has 1 aromatic rings. The lowest BCUT2D eigenvalue weighted by atomic mass is 10.1. The molecule has 2 N–H and O–H groups in total. The van der Waals surface area contributed by atoms with Crippen LogP contribution in [0.1, 0.15) is 25.8 Å². The van der Waals surface area contributed by atoms with Crippen molar-refractivity contribution in [2.24, 2.45) is 5.92 Å². The van der Waals surface area contributed by atoms with Crippen LogP contribution in [-0.2, 0) is 16.1 Å². The van der Waals surface area contributed by atoms with Crippen molar-refractivity contribution in [3.8, 4) is 0 Å². The summed E-state index contributed by atoms with van der Waals surface area (Å²) in [6.45, 7) is 6.33. The maximum atomic E-state index is 11.9. The Labute approximate surface area is 114 Å². The minimum Gasteiger partial charge on any atom is -0.381 e. The van der Waals surface area contributed by atoms with Crippen LogP contribution in [0.4, 0.5) is 5.69 Å². The van der Waals surface area contributed by atoms with Crippen LogP contribution in [0.3, 0.4) is 0 Å². The van der Waals surface area contributed by atoms with E-state index >= 15 is 0 Å². The minimum atomic E-state index is 0.00211. The highest BCUT2D eigenvalue weighted by Crippen LogP contribution is 2.16. The zero-order valence-corrected chi connectivity index (χ0v) is 11.6. The second-order valence-electron chi connectivity index (χ2n) is 5.28. The first-order valence-electron chi connectivity index (χ1n) is 6.86. The molecule has 0 radical (unpaired) electrons. The van der Waals surface area contributed by atoms with Gasteiger partial charge in [0, 0.05) is 24.9 Å². The van der Waals surface area contributed by atoms with Crippen LogP contribution < -0.4 is 10.6 Å². The van der Waals surface area contributed by atoms with Crippen molar-refractivity contribution in [2.45, 2.75) is 32.9 Å². The molecule has 0 spiro atoms. The van der Waals surface area contributed by atoms with Crippen LogP contribution in [0, 0.1) is 5.92 Å². The van der Waals surface area contributed by atoms with E-state index in [0.717, 1.165) is 18.7 Å². The van der Waals surface area contributed by atoms with Gasteiger partial charge in [0.1, 0.15) is 0 Å². The van der Waals surface area contributed by atoms with Gasteiger partial charge in [-0.1, -0.05) is 26.0 Å². The van der Waals surface area contributed by atoms with Crippen molar-refractivity contribution in [3.63, 3.8) is 0 Å². The van der Waals surface area contributed by atoms with Gasteiger partial charge in [-0.25, -0.2) is 0 Å². The van der Waals surface area contributed by atoms with Gasteiger partial charge in [0.15, 0.2) is 0 Å². The molecule has 4 heteroatoms. The fraction of sp³-hybridized carbons (Fsp3) is 0.533. The summed E-state index contributed by atoms with van der Waals surface area (Å²) in [6, 6.07) is 8.45. The van der Waals surface area contributed by atoms with Crippen molar-refractivity contribution in [3.05, 3.63) is 29.8 Å². The molecule has 0 saturated carbocycles. The number of carbonyl (C=O) groups is 1. The SMILES string of the molecule is CC(C)NCc1ccc(NC(=O)C2CCOC2)cc1. The number of hydrogen-bond donors (Lipinski definition) is 2. The van der Waals surface area contributed by atoms with Crippen molar-refractivity contribution in [1.29, 1.82) is 0 Å². The number of carbonyl (C=O) groups excluding carboxylic acids is 1. The van der Waals surface area contributed by atoms with E-state index in [0.29, 0.717) is 19.3 Å². The highest BCUT2D eigenvalue weighted by atomic mass is 16.5. The number of rotatable bonds is 5. The number of nitrogens with one attached hydrogen (secondary N) is 2. The van der Waals surface area contributed by atoms with Gasteiger partial charge in [0.05, 0.1) is 12.5 Å². The van der Waals surface area contributed by atoms with Crippen LogP contribution in [0.15, 0.2) is 24.3 Å². The molecule has 1 aromatic carbocycles. The maximum absolute atomic E-state index is 11.9. The first-order valence-corrected chi connectivity index (χ1v) is 6.86. The maximum Gasteiger partial charge on any atom is 0.229 e. The van der Waals surface area contributed by atoms with Gasteiger partial charge in [0.25, 0.3) is 0 Å². The van der Waals surface area contributed by atoms with E-state index in [-0.39, 0.29) is 11.8 Å². The number of amides is 1. The Bertz CT molecular complexity index is 409. The molecular weight excluding hydrogens is 240 g/mol. The molecule has 1 unspecified atom stereocenters. The first kappa shape index (κ1) is 14.0. The van der Waals surface area contributed by atoms with Crippen molar-refractivity contribution in [1.82, 2.24) is 5.32 Å². The average molecular weight is 262 g/mol. The Morgan fingerprint density at radius 1 is 1.37 bits per heavy atom. The van der Waals surface area contributed by atoms with Crippen molar-refractivity contribution < 1.29 is 9.53 Å². The highest BCUT2D eigenvalue weighted by molar-refractivity contribution is 5.92. The molecular formula is C15H22N2O2. The van der Waals surface area contributed by atoms with Gasteiger partial charge in [-0.3, -0.25) is 4.79 Å². The largest absolute Gasteiger partial charge is 0.381 e. The summed E-state index contributed by atoms with van der Waals surface area (Å²) in [5.41, 5.74) is 2.07. The van der Waals surface area contributed by atoms with E-state index in [1.54, 1.807) is 0 Å². The van der Waals surface area contributed by atoms with Gasteiger partial charge < -0.3 is 15.4 Å². The minimum absolute atomic E-state index is 0.00211. The molecule has 1 aliphatic heterocycles. The lowest BCUT2D eigenvalue weighted by molar-refractivity contribution is -0.119. The van der Waals surface area contributed by atoms with Crippen LogP contribution >= 0.6 is 0 Å². The van der Waals surface area contributed by atoms with Gasteiger partial charge >= 0.3 is 0 Å². The van der Waals surface area contributed by atoms with E-state index in [2.05, 4.69) is 24.5 Å². The second-order valence-corrected chi connectivity index (χ2v) is 5.28. The molecule has 1 atom stereocenters. The third-order valence-corrected chi connectivity index (χ3v) is 3.24. The summed E-state index contributed by atoms with van der Waals surface area (Å²) in [6.07, 6.45) is 0.822. The molecule has 1 heterocycles. The summed E-state index contributed by atoms with van der Waals surface area (Å²) < 4.78 is 5.22. The van der Waals surface area contributed by atoms with Crippen LogP contribution in [-0.4, -0.2) is 25.2 Å². The fourth-order valence-corrected chi connectivity index (χ4v) is 2.01. The van der Waals surface area contributed by atoms with E-state index in [4.69, 9.17) is 4.74 Å². The summed E-state index contributed by atoms with van der Waals surface area (Å²) in [7, 11) is 0. The number of benzene rings is 1. The molecule has 0 aromatic heterocycles. The third kappa shape index (κ3) is 4.33. The molecule has 4 nitrogen and oxygen atoms in total. The molecule has 0 aliphatic carbocycles. The highest BCUT2D eigenvalue weighted by Gasteiger charge is 2.23. The number of ether oxygens (including phenoxy) is 1. The average Bonchev–Trinajstić information content (AvgIpc) is 2.92. The third-order valence-electron chi connectivity index (χ3n) is 3.24. The Morgan fingerprint density at radius 2 is 2.11 bits per heavy atom. The zero-order valence-electron chi connectivity index (χ0n) is 11.6. The van der Waals surface area contributed by atoms with Crippen LogP contribution in [0.25, 0.3) is 0 Å². The molecule has 19 heavy (non-hydrogen) atoms. The molecule has 104 valence electrons. The summed E-state index contributed by atoms with van der Waals surface area (Å²) >= 11 is 0. The quantitative estimate of drug-likeness (QED) is 0.855. The molecule has 1 saturated heterocycles. The van der Waals surface area contributed by atoms with Crippen LogP contribution in [0.5, 0.6) is 0 Å². The van der Waals surface area contributed by atoms with Gasteiger partial charge in [0.2, 0.25) is 5.91 Å².